The minimum Gasteiger partial charge on any atom is -0.354 e. The van der Waals surface area contributed by atoms with E-state index in [1.165, 1.54) is 12.1 Å². The van der Waals surface area contributed by atoms with Gasteiger partial charge in [-0.3, -0.25) is 4.79 Å². The summed E-state index contributed by atoms with van der Waals surface area (Å²) in [6, 6.07) is 29.0. The lowest BCUT2D eigenvalue weighted by Crippen LogP contribution is -2.14. The highest BCUT2D eigenvalue weighted by Gasteiger charge is 2.18. The van der Waals surface area contributed by atoms with Crippen LogP contribution in [0.2, 0.25) is 5.02 Å². The summed E-state index contributed by atoms with van der Waals surface area (Å²) in [5, 5.41) is 4.55. The quantitative estimate of drug-likeness (QED) is 0.278. The van der Waals surface area contributed by atoms with Crippen LogP contribution in [-0.2, 0) is 9.84 Å². The lowest BCUT2D eigenvalue weighted by molar-refractivity contribution is 0.102. The Hall–Kier alpha value is -3.87. The molecule has 1 amide bonds. The number of carbonyl (C=O) groups is 1. The number of H-pyrrole nitrogens is 1. The monoisotopic (exact) mass is 500 g/mol. The number of hydrogen-bond donors (Lipinski definition) is 2. The van der Waals surface area contributed by atoms with Gasteiger partial charge in [0, 0.05) is 39.7 Å². The maximum absolute atomic E-state index is 13.3. The van der Waals surface area contributed by atoms with Crippen molar-refractivity contribution < 1.29 is 13.2 Å². The molecule has 0 radical (unpaired) electrons. The van der Waals surface area contributed by atoms with E-state index in [1.807, 2.05) is 66.7 Å². The normalized spacial score (nSPS) is 11.5. The molecule has 5 rings (SSSR count). The lowest BCUT2D eigenvalue weighted by Gasteiger charge is -2.13. The molecule has 0 aliphatic heterocycles. The molecule has 0 aliphatic rings. The molecule has 0 bridgehead atoms. The Morgan fingerprint density at radius 1 is 0.829 bits per heavy atom. The third-order valence-electron chi connectivity index (χ3n) is 5.79. The van der Waals surface area contributed by atoms with Gasteiger partial charge >= 0.3 is 0 Å². The van der Waals surface area contributed by atoms with Crippen LogP contribution in [0.4, 0.5) is 5.69 Å². The third kappa shape index (κ3) is 4.71. The number of para-hydroxylation sites is 1. The van der Waals surface area contributed by atoms with Crippen LogP contribution < -0.4 is 5.32 Å². The minimum atomic E-state index is -3.44. The number of carbonyl (C=O) groups excluding carboxylic acids is 1. The molecule has 1 heterocycles. The van der Waals surface area contributed by atoms with E-state index in [0.717, 1.165) is 34.0 Å². The van der Waals surface area contributed by atoms with E-state index < -0.39 is 9.84 Å². The van der Waals surface area contributed by atoms with E-state index in [1.54, 1.807) is 18.2 Å². The summed E-state index contributed by atoms with van der Waals surface area (Å²) < 4.78 is 24.3. The Morgan fingerprint density at radius 3 is 2.31 bits per heavy atom. The minimum absolute atomic E-state index is 0.153. The zero-order valence-electron chi connectivity index (χ0n) is 18.7. The topological polar surface area (TPSA) is 79.0 Å². The van der Waals surface area contributed by atoms with Gasteiger partial charge in [0.05, 0.1) is 9.92 Å². The summed E-state index contributed by atoms with van der Waals surface area (Å²) in [4.78, 5) is 16.9. The molecular weight excluding hydrogens is 480 g/mol. The van der Waals surface area contributed by atoms with Crippen molar-refractivity contribution in [2.45, 2.75) is 4.90 Å². The van der Waals surface area contributed by atoms with E-state index in [4.69, 9.17) is 11.6 Å². The lowest BCUT2D eigenvalue weighted by atomic mass is 9.99. The molecule has 5 aromatic rings. The Bertz CT molecular complexity index is 1640. The van der Waals surface area contributed by atoms with Crippen molar-refractivity contribution in [3.05, 3.63) is 108 Å². The fourth-order valence-electron chi connectivity index (χ4n) is 4.03. The maximum Gasteiger partial charge on any atom is 0.256 e. The highest BCUT2D eigenvalue weighted by molar-refractivity contribution is 7.90. The van der Waals surface area contributed by atoms with Gasteiger partial charge in [-0.2, -0.15) is 0 Å². The SMILES string of the molecule is CS(=O)(=O)c1ccc(C(=O)Nc2ccc(Cl)c(-c3cc4ccccc4[nH]3)c2)c(-c2ccccc2)c1. The predicted molar refractivity (Wildman–Crippen MR) is 142 cm³/mol. The van der Waals surface area contributed by atoms with Gasteiger partial charge in [0.2, 0.25) is 0 Å². The Labute approximate surface area is 208 Å². The highest BCUT2D eigenvalue weighted by Crippen LogP contribution is 2.33. The first-order chi connectivity index (χ1) is 16.8. The third-order valence-corrected chi connectivity index (χ3v) is 7.23. The number of amides is 1. The van der Waals surface area contributed by atoms with Gasteiger partial charge in [-0.15, -0.1) is 0 Å². The molecule has 1 aromatic heterocycles. The number of rotatable bonds is 5. The van der Waals surface area contributed by atoms with Crippen LogP contribution in [0, 0.1) is 0 Å². The predicted octanol–water partition coefficient (Wildman–Crippen LogP) is 6.81. The number of anilines is 1. The zero-order valence-corrected chi connectivity index (χ0v) is 20.3. The van der Waals surface area contributed by atoms with Crippen LogP contribution in [0.3, 0.4) is 0 Å². The van der Waals surface area contributed by atoms with Crippen LogP contribution in [0.5, 0.6) is 0 Å². The van der Waals surface area contributed by atoms with Gasteiger partial charge in [-0.1, -0.05) is 60.1 Å². The average molecular weight is 501 g/mol. The molecule has 7 heteroatoms. The van der Waals surface area contributed by atoms with Gasteiger partial charge in [0.25, 0.3) is 5.91 Å². The molecule has 0 saturated carbocycles. The molecule has 0 fully saturated rings. The van der Waals surface area contributed by atoms with Crippen molar-refractivity contribution in [1.82, 2.24) is 4.98 Å². The summed E-state index contributed by atoms with van der Waals surface area (Å²) >= 11 is 6.49. The zero-order chi connectivity index (χ0) is 24.6. The number of halogens is 1. The van der Waals surface area contributed by atoms with E-state index in [-0.39, 0.29) is 10.8 Å². The molecule has 2 N–H and O–H groups in total. The van der Waals surface area contributed by atoms with Crippen molar-refractivity contribution in [3.8, 4) is 22.4 Å². The van der Waals surface area contributed by atoms with Crippen LogP contribution in [0.15, 0.2) is 102 Å². The summed E-state index contributed by atoms with van der Waals surface area (Å²) in [5.74, 6) is -0.353. The van der Waals surface area contributed by atoms with Gasteiger partial charge in [-0.25, -0.2) is 8.42 Å². The molecular formula is C28H21ClN2O3S. The average Bonchev–Trinajstić information content (AvgIpc) is 3.29. The Balaban J connectivity index is 1.52. The molecule has 0 aliphatic carbocycles. The summed E-state index contributed by atoms with van der Waals surface area (Å²) in [6.45, 7) is 0. The number of aromatic amines is 1. The largest absolute Gasteiger partial charge is 0.354 e. The first-order valence-corrected chi connectivity index (χ1v) is 13.1. The standard InChI is InChI=1S/C28H21ClN2O3S/c1-35(33,34)21-12-13-22(23(17-21)18-7-3-2-4-8-18)28(32)30-20-11-14-25(29)24(16-20)27-15-19-9-5-6-10-26(19)31-27/h2-17,31H,1H3,(H,30,32). The molecule has 0 atom stereocenters. The van der Waals surface area contributed by atoms with Crippen molar-refractivity contribution in [1.29, 1.82) is 0 Å². The van der Waals surface area contributed by atoms with E-state index in [9.17, 15) is 13.2 Å². The first kappa shape index (κ1) is 22.9. The second-order valence-corrected chi connectivity index (χ2v) is 10.7. The van der Waals surface area contributed by atoms with E-state index in [2.05, 4.69) is 10.3 Å². The fourth-order valence-corrected chi connectivity index (χ4v) is 4.90. The molecule has 0 spiro atoms. The van der Waals surface area contributed by atoms with Crippen molar-refractivity contribution in [2.24, 2.45) is 0 Å². The number of fused-ring (bicyclic) bond motifs is 1. The van der Waals surface area contributed by atoms with Crippen molar-refractivity contribution in [3.63, 3.8) is 0 Å². The van der Waals surface area contributed by atoms with Gasteiger partial charge < -0.3 is 10.3 Å². The van der Waals surface area contributed by atoms with Crippen molar-refractivity contribution >= 4 is 43.9 Å². The van der Waals surface area contributed by atoms with Crippen LogP contribution >= 0.6 is 11.6 Å². The molecule has 35 heavy (non-hydrogen) atoms. The molecule has 0 unspecified atom stereocenters. The first-order valence-electron chi connectivity index (χ1n) is 10.9. The number of hydrogen-bond acceptors (Lipinski definition) is 3. The van der Waals surface area contributed by atoms with Gasteiger partial charge in [0.1, 0.15) is 0 Å². The summed E-state index contributed by atoms with van der Waals surface area (Å²) in [5.41, 5.74) is 4.82. The Kier molecular flexibility index (Phi) is 5.93. The van der Waals surface area contributed by atoms with Crippen LogP contribution in [0.1, 0.15) is 10.4 Å². The van der Waals surface area contributed by atoms with Crippen LogP contribution in [0.25, 0.3) is 33.3 Å². The highest BCUT2D eigenvalue weighted by atomic mass is 35.5. The summed E-state index contributed by atoms with van der Waals surface area (Å²) in [7, 11) is -3.44. The number of aromatic nitrogens is 1. The van der Waals surface area contributed by atoms with Gasteiger partial charge in [-0.05, 0) is 59.7 Å². The smallest absolute Gasteiger partial charge is 0.256 e. The number of benzene rings is 4. The molecule has 174 valence electrons. The maximum atomic E-state index is 13.3. The van der Waals surface area contributed by atoms with E-state index >= 15 is 0 Å². The van der Waals surface area contributed by atoms with Crippen LogP contribution in [-0.4, -0.2) is 25.6 Å². The Morgan fingerprint density at radius 2 is 1.57 bits per heavy atom. The van der Waals surface area contributed by atoms with E-state index in [0.29, 0.717) is 21.8 Å². The fraction of sp³-hybridized carbons (Fsp3) is 0.0357. The van der Waals surface area contributed by atoms with Crippen molar-refractivity contribution in [2.75, 3.05) is 11.6 Å². The second kappa shape index (κ2) is 9.06. The van der Waals surface area contributed by atoms with Gasteiger partial charge in [0.15, 0.2) is 9.84 Å². The second-order valence-electron chi connectivity index (χ2n) is 8.26. The number of sulfone groups is 1. The molecule has 4 aromatic carbocycles. The summed E-state index contributed by atoms with van der Waals surface area (Å²) in [6.07, 6.45) is 1.15. The number of nitrogens with one attached hydrogen (secondary N) is 2. The molecule has 5 nitrogen and oxygen atoms in total. The molecule has 0 saturated heterocycles.